The first-order valence-corrected chi connectivity index (χ1v) is 12.4. The van der Waals surface area contributed by atoms with Gasteiger partial charge in [0, 0.05) is 33.4 Å². The molecule has 1 aliphatic heterocycles. The van der Waals surface area contributed by atoms with E-state index in [0.29, 0.717) is 25.5 Å². The summed E-state index contributed by atoms with van der Waals surface area (Å²) in [4.78, 5) is 24.3. The normalized spacial score (nSPS) is 16.2. The number of likely N-dealkylation sites (tertiary alicyclic amines) is 1. The number of aryl methyl sites for hydroxylation is 1. The number of likely N-dealkylation sites (N-methyl/N-ethyl adjacent to an activating group) is 1. The topological polar surface area (TPSA) is 112 Å². The Morgan fingerprint density at radius 1 is 1.22 bits per heavy atom. The lowest BCUT2D eigenvalue weighted by molar-refractivity contribution is -0.125. The van der Waals surface area contributed by atoms with Gasteiger partial charge in [-0.25, -0.2) is 4.39 Å². The van der Waals surface area contributed by atoms with Crippen LogP contribution in [0, 0.1) is 11.2 Å². The van der Waals surface area contributed by atoms with Crippen LogP contribution in [0.3, 0.4) is 0 Å². The third-order valence-corrected chi connectivity index (χ3v) is 6.05. The first kappa shape index (κ1) is 32.4. The van der Waals surface area contributed by atoms with Crippen molar-refractivity contribution in [2.45, 2.75) is 52.2 Å². The van der Waals surface area contributed by atoms with Gasteiger partial charge in [-0.15, -0.1) is 0 Å². The molecule has 2 atom stereocenters. The summed E-state index contributed by atoms with van der Waals surface area (Å²) >= 11 is 0. The van der Waals surface area contributed by atoms with Crippen LogP contribution < -0.4 is 11.1 Å². The summed E-state index contributed by atoms with van der Waals surface area (Å²) in [7, 11) is 7.00. The molecule has 0 saturated carbocycles. The third-order valence-electron chi connectivity index (χ3n) is 6.05. The molecule has 2 unspecified atom stereocenters. The average molecular weight is 522 g/mol. The van der Waals surface area contributed by atoms with E-state index < -0.39 is 0 Å². The fourth-order valence-corrected chi connectivity index (χ4v) is 3.44. The van der Waals surface area contributed by atoms with Crippen LogP contribution in [0.2, 0.25) is 0 Å². The minimum Gasteiger partial charge on any atom is -0.382 e. The first-order chi connectivity index (χ1) is 17.5. The lowest BCUT2D eigenvalue weighted by atomic mass is 9.89. The van der Waals surface area contributed by atoms with Crippen molar-refractivity contribution in [3.8, 4) is 11.3 Å². The summed E-state index contributed by atoms with van der Waals surface area (Å²) in [6, 6.07) is 7.16. The van der Waals surface area contributed by atoms with Crippen molar-refractivity contribution in [2.24, 2.45) is 18.2 Å². The number of nitrogens with one attached hydrogen (secondary N) is 1. The summed E-state index contributed by atoms with van der Waals surface area (Å²) < 4.78 is 24.5. The molecule has 1 amide bonds. The van der Waals surface area contributed by atoms with E-state index in [1.165, 1.54) is 10.9 Å². The maximum Gasteiger partial charge on any atom is 0.237 e. The fraction of sp³-hybridized carbons (Fsp3) is 0.593. The molecule has 0 radical (unpaired) electrons. The Morgan fingerprint density at radius 3 is 2.19 bits per heavy atom. The maximum absolute atomic E-state index is 13.7. The van der Waals surface area contributed by atoms with Gasteiger partial charge in [0.25, 0.3) is 0 Å². The number of nitrogens with zero attached hydrogens (tertiary/aromatic N) is 3. The van der Waals surface area contributed by atoms with Gasteiger partial charge in [-0.3, -0.25) is 14.4 Å². The number of aldehydes is 1. The molecule has 1 aliphatic rings. The van der Waals surface area contributed by atoms with E-state index in [9.17, 15) is 14.0 Å². The molecule has 0 bridgehead atoms. The molecule has 2 aromatic rings. The van der Waals surface area contributed by atoms with Crippen LogP contribution in [-0.2, 0) is 32.7 Å². The van der Waals surface area contributed by atoms with Crippen molar-refractivity contribution >= 4 is 12.2 Å². The van der Waals surface area contributed by atoms with Gasteiger partial charge in [0.15, 0.2) is 5.82 Å². The molecule has 1 saturated heterocycles. The second-order valence-electron chi connectivity index (χ2n) is 10.0. The van der Waals surface area contributed by atoms with E-state index in [1.54, 1.807) is 21.3 Å². The minimum absolute atomic E-state index is 0.0159. The zero-order chi connectivity index (χ0) is 28.0. The molecule has 3 rings (SSSR count). The van der Waals surface area contributed by atoms with Crippen molar-refractivity contribution < 1.29 is 23.5 Å². The van der Waals surface area contributed by atoms with Crippen LogP contribution in [0.15, 0.2) is 30.5 Å². The number of carbonyl (C=O) groups is 2. The van der Waals surface area contributed by atoms with Gasteiger partial charge < -0.3 is 25.3 Å². The number of hydrogen-bond donors (Lipinski definition) is 2. The molecule has 1 fully saturated rings. The Bertz CT molecular complexity index is 920. The summed E-state index contributed by atoms with van der Waals surface area (Å²) in [5.74, 6) is -0.260. The summed E-state index contributed by atoms with van der Waals surface area (Å²) in [6.07, 6.45) is 3.97. The molecule has 0 spiro atoms. The quantitative estimate of drug-likeness (QED) is 0.406. The highest BCUT2D eigenvalue weighted by Crippen LogP contribution is 2.22. The van der Waals surface area contributed by atoms with Crippen LogP contribution in [0.5, 0.6) is 0 Å². The molecule has 208 valence electrons. The number of nitrogens with two attached hydrogens (primary N) is 1. The number of aromatic nitrogens is 2. The second kappa shape index (κ2) is 16.2. The van der Waals surface area contributed by atoms with Gasteiger partial charge in [-0.05, 0) is 37.4 Å². The highest BCUT2D eigenvalue weighted by atomic mass is 19.1. The molecule has 3 N–H and O–H groups in total. The molecule has 2 heterocycles. The summed E-state index contributed by atoms with van der Waals surface area (Å²) in [5.41, 5.74) is 7.53. The predicted octanol–water partition coefficient (Wildman–Crippen LogP) is 2.77. The van der Waals surface area contributed by atoms with E-state index >= 15 is 0 Å². The van der Waals surface area contributed by atoms with E-state index in [0.717, 1.165) is 36.8 Å². The van der Waals surface area contributed by atoms with Crippen LogP contribution >= 0.6 is 0 Å². The number of hydrogen-bond acceptors (Lipinski definition) is 7. The van der Waals surface area contributed by atoms with Crippen LogP contribution in [0.25, 0.3) is 11.3 Å². The third kappa shape index (κ3) is 11.1. The summed E-state index contributed by atoms with van der Waals surface area (Å²) in [6.45, 7) is 8.65. The number of carbonyl (C=O) groups excluding carboxylic acids is 2. The largest absolute Gasteiger partial charge is 0.382 e. The molecule has 9 nitrogen and oxygen atoms in total. The van der Waals surface area contributed by atoms with Crippen molar-refractivity contribution in [3.63, 3.8) is 0 Å². The lowest BCUT2D eigenvalue weighted by Crippen LogP contribution is -2.41. The maximum atomic E-state index is 13.7. The Morgan fingerprint density at radius 2 is 1.81 bits per heavy atom. The first-order valence-electron chi connectivity index (χ1n) is 12.4. The van der Waals surface area contributed by atoms with Gasteiger partial charge >= 0.3 is 0 Å². The Labute approximate surface area is 220 Å². The highest BCUT2D eigenvalue weighted by molar-refractivity contribution is 5.82. The molecular formula is C27H44FN5O4. The number of ether oxygens (including phenoxy) is 2. The van der Waals surface area contributed by atoms with Crippen molar-refractivity contribution in [3.05, 3.63) is 41.8 Å². The Hall–Kier alpha value is -2.66. The fourth-order valence-electron chi connectivity index (χ4n) is 3.44. The monoisotopic (exact) mass is 521 g/mol. The Balaban J connectivity index is 0.000000405. The van der Waals surface area contributed by atoms with Crippen molar-refractivity contribution in [2.75, 3.05) is 41.0 Å². The zero-order valence-corrected chi connectivity index (χ0v) is 23.3. The van der Waals surface area contributed by atoms with Crippen molar-refractivity contribution in [1.29, 1.82) is 0 Å². The van der Waals surface area contributed by atoms with Gasteiger partial charge in [0.05, 0.1) is 31.5 Å². The van der Waals surface area contributed by atoms with Gasteiger partial charge in [0.1, 0.15) is 12.0 Å². The average Bonchev–Trinajstić information content (AvgIpc) is 3.45. The molecule has 1 aromatic heterocycles. The van der Waals surface area contributed by atoms with Crippen LogP contribution in [0.4, 0.5) is 4.39 Å². The number of benzene rings is 1. The smallest absolute Gasteiger partial charge is 0.237 e. The van der Waals surface area contributed by atoms with Crippen LogP contribution in [0.1, 0.15) is 39.2 Å². The second-order valence-corrected chi connectivity index (χ2v) is 10.0. The van der Waals surface area contributed by atoms with Crippen LogP contribution in [-0.4, -0.2) is 80.0 Å². The minimum atomic E-state index is -0.335. The SMILES string of the molecule is CC(C)(C)C(N)C=O.CN1CCCC1C(=O)NCc1ccc(-c2c(F)cnn2C)cc1.COCCOC. The molecule has 10 heteroatoms. The number of methoxy groups -OCH3 is 2. The van der Waals surface area contributed by atoms with E-state index in [4.69, 9.17) is 5.73 Å². The number of rotatable bonds is 8. The molecule has 0 aliphatic carbocycles. The molecule has 1 aromatic carbocycles. The number of amides is 1. The highest BCUT2D eigenvalue weighted by Gasteiger charge is 2.27. The number of halogens is 1. The lowest BCUT2D eigenvalue weighted by Gasteiger charge is -2.20. The molecular weight excluding hydrogens is 477 g/mol. The standard InChI is InChI=1S/C17H21FN4O.C6H13NO.C4H10O2/c1-21-9-3-4-15(21)17(23)19-10-12-5-7-13(8-6-12)16-14(18)11-20-22(16)2;1-6(2,3)5(7)4-8;1-5-3-4-6-2/h5-8,11,15H,3-4,9-10H2,1-2H3,(H,19,23);4-5H,7H2,1-3H3;3-4H2,1-2H3. The molecule has 37 heavy (non-hydrogen) atoms. The van der Waals surface area contributed by atoms with Gasteiger partial charge in [-0.2, -0.15) is 5.10 Å². The van der Waals surface area contributed by atoms with E-state index in [1.807, 2.05) is 52.1 Å². The predicted molar refractivity (Wildman–Crippen MR) is 143 cm³/mol. The zero-order valence-electron chi connectivity index (χ0n) is 23.3. The van der Waals surface area contributed by atoms with Crippen molar-refractivity contribution in [1.82, 2.24) is 20.0 Å². The van der Waals surface area contributed by atoms with E-state index in [-0.39, 0.29) is 29.2 Å². The Kier molecular flexibility index (Phi) is 14.2. The van der Waals surface area contributed by atoms with E-state index in [2.05, 4.69) is 24.8 Å². The van der Waals surface area contributed by atoms with Gasteiger partial charge in [0.2, 0.25) is 5.91 Å². The van der Waals surface area contributed by atoms with Gasteiger partial charge in [-0.1, -0.05) is 45.0 Å². The summed E-state index contributed by atoms with van der Waals surface area (Å²) in [5, 5.41) is 6.88.